The van der Waals surface area contributed by atoms with Crippen molar-refractivity contribution in [2.24, 2.45) is 0 Å². The third kappa shape index (κ3) is 4.06. The lowest BCUT2D eigenvalue weighted by molar-refractivity contribution is 0.412. The predicted octanol–water partition coefficient (Wildman–Crippen LogP) is 5.00. The van der Waals surface area contributed by atoms with Crippen molar-refractivity contribution in [1.82, 2.24) is 14.5 Å². The maximum atomic E-state index is 13.5. The van der Waals surface area contributed by atoms with Gasteiger partial charge in [-0.15, -0.1) is 0 Å². The zero-order chi connectivity index (χ0) is 20.8. The van der Waals surface area contributed by atoms with Crippen LogP contribution in [-0.2, 0) is 10.0 Å². The first-order chi connectivity index (χ1) is 13.8. The van der Waals surface area contributed by atoms with E-state index in [1.165, 1.54) is 0 Å². The Morgan fingerprint density at radius 3 is 2.52 bits per heavy atom. The number of halogens is 2. The van der Waals surface area contributed by atoms with E-state index in [0.29, 0.717) is 21.3 Å². The number of anilines is 1. The molecule has 1 unspecified atom stereocenters. The fraction of sp³-hybridized carbons (Fsp3) is 0.450. The van der Waals surface area contributed by atoms with Crippen LogP contribution in [0.15, 0.2) is 34.9 Å². The minimum Gasteiger partial charge on any atom is -0.343 e. The minimum atomic E-state index is -3.76. The smallest absolute Gasteiger partial charge is 0.241 e. The number of nitrogens with one attached hydrogen (secondary N) is 2. The number of rotatable bonds is 4. The zero-order valence-corrected chi connectivity index (χ0v) is 18.7. The molecule has 1 aliphatic carbocycles. The maximum absolute atomic E-state index is 13.5. The number of allylic oxidation sites excluding steroid dienone is 2. The van der Waals surface area contributed by atoms with E-state index in [0.717, 1.165) is 43.6 Å². The summed E-state index contributed by atoms with van der Waals surface area (Å²) in [6, 6.07) is 6.43. The second-order valence-electron chi connectivity index (χ2n) is 7.76. The molecule has 0 spiro atoms. The molecular formula is C20H24Cl2N4O2S. The van der Waals surface area contributed by atoms with Crippen molar-refractivity contribution in [3.8, 4) is 0 Å². The molecule has 2 aliphatic rings. The van der Waals surface area contributed by atoms with Crippen molar-refractivity contribution in [3.05, 3.63) is 56.2 Å². The van der Waals surface area contributed by atoms with Crippen molar-refractivity contribution in [2.75, 3.05) is 5.32 Å². The highest BCUT2D eigenvalue weighted by Crippen LogP contribution is 2.40. The molecule has 156 valence electrons. The fourth-order valence-corrected chi connectivity index (χ4v) is 6.30. The van der Waals surface area contributed by atoms with E-state index in [1.54, 1.807) is 29.8 Å². The van der Waals surface area contributed by atoms with Gasteiger partial charge in [-0.3, -0.25) is 0 Å². The monoisotopic (exact) mass is 454 g/mol. The van der Waals surface area contributed by atoms with Crippen molar-refractivity contribution in [3.63, 3.8) is 0 Å². The van der Waals surface area contributed by atoms with Gasteiger partial charge < -0.3 is 5.32 Å². The van der Waals surface area contributed by atoms with E-state index >= 15 is 0 Å². The lowest BCUT2D eigenvalue weighted by atomic mass is 9.96. The molecule has 29 heavy (non-hydrogen) atoms. The van der Waals surface area contributed by atoms with Gasteiger partial charge in [0, 0.05) is 17.8 Å². The molecule has 0 radical (unpaired) electrons. The molecule has 1 fully saturated rings. The molecule has 1 aliphatic heterocycles. The van der Waals surface area contributed by atoms with E-state index in [-0.39, 0.29) is 10.9 Å². The van der Waals surface area contributed by atoms with Gasteiger partial charge in [0.2, 0.25) is 10.0 Å². The molecule has 1 aromatic carbocycles. The normalized spacial score (nSPS) is 20.5. The van der Waals surface area contributed by atoms with Gasteiger partial charge in [0.1, 0.15) is 16.8 Å². The second-order valence-corrected chi connectivity index (χ2v) is 10.3. The predicted molar refractivity (Wildman–Crippen MR) is 117 cm³/mol. The summed E-state index contributed by atoms with van der Waals surface area (Å²) in [5, 5.41) is 8.56. The standard InChI is InChI=1S/C20H24Cl2N4O2S/c1-12-10-18-23-13(2)20(29(27,28)25-15-6-4-3-5-7-15)19(26(18)24-12)14-8-9-16(21)17(22)11-14/h8-11,15,19,23,25H,3-7H2,1-2H3. The largest absolute Gasteiger partial charge is 0.343 e. The maximum Gasteiger partial charge on any atom is 0.241 e. The second kappa shape index (κ2) is 7.95. The van der Waals surface area contributed by atoms with E-state index < -0.39 is 16.1 Å². The molecule has 0 amide bonds. The number of sulfonamides is 1. The van der Waals surface area contributed by atoms with Crippen LogP contribution in [0.25, 0.3) is 0 Å². The third-order valence-electron chi connectivity index (χ3n) is 5.51. The van der Waals surface area contributed by atoms with Gasteiger partial charge >= 0.3 is 0 Å². The molecule has 4 rings (SSSR count). The number of benzene rings is 1. The van der Waals surface area contributed by atoms with Crippen LogP contribution in [0.1, 0.15) is 56.3 Å². The summed E-state index contributed by atoms with van der Waals surface area (Å²) < 4.78 is 31.7. The molecule has 1 saturated carbocycles. The molecule has 0 bridgehead atoms. The first-order valence-electron chi connectivity index (χ1n) is 9.77. The van der Waals surface area contributed by atoms with E-state index in [9.17, 15) is 8.42 Å². The van der Waals surface area contributed by atoms with Crippen molar-refractivity contribution in [1.29, 1.82) is 0 Å². The number of hydrogen-bond donors (Lipinski definition) is 2. The van der Waals surface area contributed by atoms with E-state index in [4.69, 9.17) is 23.2 Å². The van der Waals surface area contributed by atoms with Gasteiger partial charge in [-0.1, -0.05) is 48.5 Å². The minimum absolute atomic E-state index is 0.0377. The SMILES string of the molecule is CC1=C(S(=O)(=O)NC2CCCCC2)C(c2ccc(Cl)c(Cl)c2)n2nc(C)cc2N1. The van der Waals surface area contributed by atoms with Crippen molar-refractivity contribution >= 4 is 39.0 Å². The molecule has 2 N–H and O–H groups in total. The first-order valence-corrected chi connectivity index (χ1v) is 12.0. The number of fused-ring (bicyclic) bond motifs is 1. The van der Waals surface area contributed by atoms with Gasteiger partial charge in [0.05, 0.1) is 15.7 Å². The van der Waals surface area contributed by atoms with Crippen LogP contribution in [0, 0.1) is 6.92 Å². The van der Waals surface area contributed by atoms with Crippen LogP contribution in [0.2, 0.25) is 10.0 Å². The Kier molecular flexibility index (Phi) is 5.68. The number of aryl methyl sites for hydroxylation is 1. The van der Waals surface area contributed by atoms with E-state index in [2.05, 4.69) is 15.1 Å². The molecule has 9 heteroatoms. The van der Waals surface area contributed by atoms with Crippen molar-refractivity contribution < 1.29 is 8.42 Å². The van der Waals surface area contributed by atoms with Gasteiger partial charge in [-0.25, -0.2) is 17.8 Å². The molecule has 0 saturated heterocycles. The molecule has 2 heterocycles. The van der Waals surface area contributed by atoms with Crippen LogP contribution < -0.4 is 10.0 Å². The fourth-order valence-electron chi connectivity index (χ4n) is 4.20. The first kappa shape index (κ1) is 20.7. The Morgan fingerprint density at radius 1 is 1.10 bits per heavy atom. The summed E-state index contributed by atoms with van der Waals surface area (Å²) in [4.78, 5) is 0.261. The Bertz CT molecular complexity index is 1070. The van der Waals surface area contributed by atoms with Crippen LogP contribution in [0.5, 0.6) is 0 Å². The summed E-state index contributed by atoms with van der Waals surface area (Å²) in [7, 11) is -3.76. The lowest BCUT2D eigenvalue weighted by Crippen LogP contribution is -2.40. The Labute approximate surface area is 181 Å². The molecular weight excluding hydrogens is 431 g/mol. The van der Waals surface area contributed by atoms with E-state index in [1.807, 2.05) is 13.0 Å². The number of nitrogens with zero attached hydrogens (tertiary/aromatic N) is 2. The van der Waals surface area contributed by atoms with Gasteiger partial charge in [-0.2, -0.15) is 5.10 Å². The van der Waals surface area contributed by atoms with Crippen LogP contribution >= 0.6 is 23.2 Å². The topological polar surface area (TPSA) is 76.0 Å². The number of hydrogen-bond acceptors (Lipinski definition) is 4. The third-order valence-corrected chi connectivity index (χ3v) is 8.00. The molecule has 6 nitrogen and oxygen atoms in total. The summed E-state index contributed by atoms with van der Waals surface area (Å²) in [6.07, 6.45) is 4.97. The highest BCUT2D eigenvalue weighted by molar-refractivity contribution is 7.93. The zero-order valence-electron chi connectivity index (χ0n) is 16.4. The molecule has 1 aromatic heterocycles. The van der Waals surface area contributed by atoms with Gasteiger partial charge in [0.15, 0.2) is 0 Å². The summed E-state index contributed by atoms with van der Waals surface area (Å²) >= 11 is 12.4. The summed E-state index contributed by atoms with van der Waals surface area (Å²) in [5.41, 5.74) is 2.09. The average Bonchev–Trinajstić information content (AvgIpc) is 3.03. The Morgan fingerprint density at radius 2 is 1.83 bits per heavy atom. The Balaban J connectivity index is 1.81. The van der Waals surface area contributed by atoms with Crippen LogP contribution in [-0.4, -0.2) is 24.2 Å². The highest BCUT2D eigenvalue weighted by atomic mass is 35.5. The van der Waals surface area contributed by atoms with Gasteiger partial charge in [0.25, 0.3) is 0 Å². The molecule has 1 atom stereocenters. The summed E-state index contributed by atoms with van der Waals surface area (Å²) in [5.74, 6) is 0.743. The van der Waals surface area contributed by atoms with Gasteiger partial charge in [-0.05, 0) is 44.4 Å². The van der Waals surface area contributed by atoms with Crippen molar-refractivity contribution in [2.45, 2.75) is 58.0 Å². The lowest BCUT2D eigenvalue weighted by Gasteiger charge is -2.32. The Hall–Kier alpha value is -1.54. The highest BCUT2D eigenvalue weighted by Gasteiger charge is 2.38. The quantitative estimate of drug-likeness (QED) is 0.681. The van der Waals surface area contributed by atoms with Crippen LogP contribution in [0.3, 0.4) is 0 Å². The van der Waals surface area contributed by atoms with Crippen LogP contribution in [0.4, 0.5) is 5.82 Å². The summed E-state index contributed by atoms with van der Waals surface area (Å²) in [6.45, 7) is 3.66. The molecule has 2 aromatic rings. The average molecular weight is 455 g/mol. The number of aromatic nitrogens is 2.